The summed E-state index contributed by atoms with van der Waals surface area (Å²) in [4.78, 5) is 12.0. The number of nitrogen functional groups attached to an aromatic ring is 1. The maximum Gasteiger partial charge on any atom is 0.336 e. The lowest BCUT2D eigenvalue weighted by molar-refractivity contribution is 0.0697. The first-order chi connectivity index (χ1) is 18.6. The predicted octanol–water partition coefficient (Wildman–Crippen LogP) is 6.80. The smallest absolute Gasteiger partial charge is 0.336 e. The van der Waals surface area contributed by atoms with Gasteiger partial charge in [-0.05, 0) is 70.9 Å². The molecule has 196 valence electrons. The van der Waals surface area contributed by atoms with Gasteiger partial charge >= 0.3 is 5.97 Å². The van der Waals surface area contributed by atoms with Crippen LogP contribution in [0.2, 0.25) is 4.34 Å². The third-order valence-corrected chi connectivity index (χ3v) is 8.95. The molecule has 5 rings (SSSR count). The van der Waals surface area contributed by atoms with Crippen LogP contribution in [0.3, 0.4) is 0 Å². The fraction of sp³-hybridized carbons (Fsp3) is 0. The van der Waals surface area contributed by atoms with Gasteiger partial charge in [-0.25, -0.2) is 13.2 Å². The third kappa shape index (κ3) is 5.58. The van der Waals surface area contributed by atoms with E-state index in [1.165, 1.54) is 30.3 Å². The average molecular weight is 578 g/mol. The van der Waals surface area contributed by atoms with Gasteiger partial charge in [0.05, 0.1) is 9.90 Å². The molecule has 0 fully saturated rings. The second kappa shape index (κ2) is 10.4. The van der Waals surface area contributed by atoms with Crippen LogP contribution < -0.4 is 15.2 Å². The van der Waals surface area contributed by atoms with Gasteiger partial charge in [-0.15, -0.1) is 11.3 Å². The van der Waals surface area contributed by atoms with E-state index in [0.717, 1.165) is 22.1 Å². The zero-order valence-electron chi connectivity index (χ0n) is 20.0. The highest BCUT2D eigenvalue weighted by Gasteiger charge is 2.20. The fourth-order valence-electron chi connectivity index (χ4n) is 4.03. The molecule has 0 aliphatic rings. The second-order valence-electron chi connectivity index (χ2n) is 8.47. The summed E-state index contributed by atoms with van der Waals surface area (Å²) in [5, 5.41) is 19.2. The molecule has 0 atom stereocenters. The molecule has 0 saturated heterocycles. The molecule has 5 N–H and O–H groups in total. The van der Waals surface area contributed by atoms with Gasteiger partial charge in [0.15, 0.2) is 0 Å². The molecule has 39 heavy (non-hydrogen) atoms. The summed E-state index contributed by atoms with van der Waals surface area (Å²) in [6.45, 7) is 0. The highest BCUT2D eigenvalue weighted by molar-refractivity contribution is 7.94. The lowest BCUT2D eigenvalue weighted by Crippen LogP contribution is -2.11. The molecule has 0 unspecified atom stereocenters. The van der Waals surface area contributed by atoms with Crippen LogP contribution in [0.1, 0.15) is 15.9 Å². The molecule has 0 spiro atoms. The number of nitrogens with two attached hydrogens (primary N) is 1. The molecule has 0 radical (unpaired) electrons. The third-order valence-electron chi connectivity index (χ3n) is 5.84. The number of fused-ring (bicyclic) bond motifs is 1. The van der Waals surface area contributed by atoms with Gasteiger partial charge in [-0.3, -0.25) is 10.1 Å². The van der Waals surface area contributed by atoms with Crippen LogP contribution >= 0.6 is 22.9 Å². The number of carbonyl (C=O) groups is 1. The van der Waals surface area contributed by atoms with Crippen LogP contribution in [0.25, 0.3) is 21.9 Å². The van der Waals surface area contributed by atoms with E-state index in [0.29, 0.717) is 32.5 Å². The van der Waals surface area contributed by atoms with Gasteiger partial charge in [0.25, 0.3) is 10.0 Å². The number of hydrogen-bond acceptors (Lipinski definition) is 6. The molecule has 0 aliphatic carbocycles. The standard InChI is InChI=1S/C28H20ClN3O5S2/c29-25-11-12-26(38-25)39(35,36)32-19-8-10-24(23(15-19)21-3-1-2-4-22(21)28(33)34)37-20-9-7-16-13-18(27(30)31)6-5-17(16)14-20/h1-15,32H,(H3,30,31)(H,33,34). The number of aromatic carboxylic acids is 1. The Kier molecular flexibility index (Phi) is 7.00. The first kappa shape index (κ1) is 26.2. The quantitative estimate of drug-likeness (QED) is 0.118. The van der Waals surface area contributed by atoms with E-state index in [1.54, 1.807) is 42.5 Å². The Balaban J connectivity index is 1.57. The minimum atomic E-state index is -3.92. The van der Waals surface area contributed by atoms with Crippen molar-refractivity contribution in [1.29, 1.82) is 5.41 Å². The normalized spacial score (nSPS) is 11.3. The summed E-state index contributed by atoms with van der Waals surface area (Å²) in [5.74, 6) is -0.362. The van der Waals surface area contributed by atoms with Gasteiger partial charge in [0, 0.05) is 16.8 Å². The first-order valence-corrected chi connectivity index (χ1v) is 14.1. The van der Waals surface area contributed by atoms with Gasteiger partial charge in [0.1, 0.15) is 21.5 Å². The topological polar surface area (TPSA) is 143 Å². The van der Waals surface area contributed by atoms with Crippen molar-refractivity contribution in [2.24, 2.45) is 5.73 Å². The zero-order chi connectivity index (χ0) is 27.7. The van der Waals surface area contributed by atoms with Crippen molar-refractivity contribution < 1.29 is 23.1 Å². The molecule has 0 aliphatic heterocycles. The minimum Gasteiger partial charge on any atom is -0.478 e. The monoisotopic (exact) mass is 577 g/mol. The number of halogens is 1. The predicted molar refractivity (Wildman–Crippen MR) is 154 cm³/mol. The van der Waals surface area contributed by atoms with E-state index in [4.69, 9.17) is 27.5 Å². The van der Waals surface area contributed by atoms with Crippen LogP contribution in [0.5, 0.6) is 11.5 Å². The molecule has 1 aromatic heterocycles. The summed E-state index contributed by atoms with van der Waals surface area (Å²) in [5.41, 5.74) is 7.18. The van der Waals surface area contributed by atoms with Gasteiger partial charge in [-0.1, -0.05) is 48.0 Å². The number of ether oxygens (including phenoxy) is 1. The number of nitrogens with one attached hydrogen (secondary N) is 2. The second-order valence-corrected chi connectivity index (χ2v) is 12.1. The molecular weight excluding hydrogens is 558 g/mol. The Labute approximate surface area is 232 Å². The lowest BCUT2D eigenvalue weighted by Gasteiger charge is -2.16. The Morgan fingerprint density at radius 1 is 0.923 bits per heavy atom. The van der Waals surface area contributed by atoms with E-state index in [9.17, 15) is 18.3 Å². The highest BCUT2D eigenvalue weighted by Crippen LogP contribution is 2.39. The van der Waals surface area contributed by atoms with E-state index >= 15 is 0 Å². The number of thiophene rings is 1. The van der Waals surface area contributed by atoms with E-state index in [1.807, 2.05) is 18.2 Å². The first-order valence-electron chi connectivity index (χ1n) is 11.4. The van der Waals surface area contributed by atoms with Crippen LogP contribution in [-0.2, 0) is 10.0 Å². The molecule has 4 aromatic carbocycles. The van der Waals surface area contributed by atoms with Crippen molar-refractivity contribution in [2.75, 3.05) is 4.72 Å². The van der Waals surface area contributed by atoms with Gasteiger partial charge in [-0.2, -0.15) is 0 Å². The van der Waals surface area contributed by atoms with Crippen LogP contribution in [0.4, 0.5) is 5.69 Å². The highest BCUT2D eigenvalue weighted by atomic mass is 35.5. The largest absolute Gasteiger partial charge is 0.478 e. The Morgan fingerprint density at radius 2 is 1.67 bits per heavy atom. The molecule has 5 aromatic rings. The van der Waals surface area contributed by atoms with Crippen molar-refractivity contribution >= 4 is 61.2 Å². The van der Waals surface area contributed by atoms with Crippen molar-refractivity contribution in [3.05, 3.63) is 106 Å². The maximum atomic E-state index is 12.9. The van der Waals surface area contributed by atoms with Crippen molar-refractivity contribution in [3.8, 4) is 22.6 Å². The number of carboxylic acid groups (broad SMARTS) is 1. The Bertz CT molecular complexity index is 1870. The number of anilines is 1. The summed E-state index contributed by atoms with van der Waals surface area (Å²) in [7, 11) is -3.92. The van der Waals surface area contributed by atoms with Gasteiger partial charge < -0.3 is 15.6 Å². The molecule has 0 saturated carbocycles. The zero-order valence-corrected chi connectivity index (χ0v) is 22.4. The molecule has 11 heteroatoms. The molecule has 0 amide bonds. The van der Waals surface area contributed by atoms with E-state index < -0.39 is 16.0 Å². The fourth-order valence-corrected chi connectivity index (χ4v) is 6.56. The van der Waals surface area contributed by atoms with Crippen molar-refractivity contribution in [2.45, 2.75) is 4.21 Å². The number of amidine groups is 1. The van der Waals surface area contributed by atoms with Crippen molar-refractivity contribution in [3.63, 3.8) is 0 Å². The Morgan fingerprint density at radius 3 is 2.38 bits per heavy atom. The SMILES string of the molecule is N=C(N)c1ccc2cc(Oc3ccc(NS(=O)(=O)c4ccc(Cl)s4)cc3-c3ccccc3C(=O)O)ccc2c1. The summed E-state index contributed by atoms with van der Waals surface area (Å²) in [6.07, 6.45) is 0. The van der Waals surface area contributed by atoms with Crippen LogP contribution in [0.15, 0.2) is 95.2 Å². The molecule has 8 nitrogen and oxygen atoms in total. The number of benzene rings is 4. The number of carboxylic acids is 1. The van der Waals surface area contributed by atoms with Crippen LogP contribution in [0, 0.1) is 5.41 Å². The van der Waals surface area contributed by atoms with Crippen LogP contribution in [-0.4, -0.2) is 25.3 Å². The number of hydrogen-bond donors (Lipinski definition) is 4. The van der Waals surface area contributed by atoms with E-state index in [-0.39, 0.29) is 21.3 Å². The maximum absolute atomic E-state index is 12.9. The molecule has 1 heterocycles. The summed E-state index contributed by atoms with van der Waals surface area (Å²) in [6, 6.07) is 24.7. The number of sulfonamides is 1. The van der Waals surface area contributed by atoms with Crippen molar-refractivity contribution in [1.82, 2.24) is 0 Å². The molecular formula is C28H20ClN3O5S2. The average Bonchev–Trinajstić information content (AvgIpc) is 3.36. The summed E-state index contributed by atoms with van der Waals surface area (Å²) < 4.78 is 34.9. The summed E-state index contributed by atoms with van der Waals surface area (Å²) >= 11 is 6.84. The lowest BCUT2D eigenvalue weighted by atomic mass is 9.98. The van der Waals surface area contributed by atoms with Gasteiger partial charge in [0.2, 0.25) is 0 Å². The van der Waals surface area contributed by atoms with E-state index in [2.05, 4.69) is 4.72 Å². The Hall–Kier alpha value is -4.38. The number of rotatable bonds is 8. The minimum absolute atomic E-state index is 0.0302. The molecule has 0 bridgehead atoms.